The van der Waals surface area contributed by atoms with Crippen LogP contribution in [0.2, 0.25) is 0 Å². The maximum absolute atomic E-state index is 5.25. The SMILES string of the molecule is CCN(CCCc1nc(C)no1)C12CC3CC(CC(C3)C1)C2.Cl. The Bertz CT molecular complexity index is 495. The van der Waals surface area contributed by atoms with Gasteiger partial charge in [0.15, 0.2) is 5.82 Å². The second kappa shape index (κ2) is 6.72. The highest BCUT2D eigenvalue weighted by Crippen LogP contribution is 2.57. The Morgan fingerprint density at radius 3 is 2.22 bits per heavy atom. The first-order chi connectivity index (χ1) is 10.7. The molecule has 4 saturated carbocycles. The third kappa shape index (κ3) is 3.30. The molecule has 0 unspecified atom stereocenters. The molecule has 4 bridgehead atoms. The average molecular weight is 340 g/mol. The molecule has 4 fully saturated rings. The van der Waals surface area contributed by atoms with E-state index in [0.717, 1.165) is 42.3 Å². The summed E-state index contributed by atoms with van der Waals surface area (Å²) in [5, 5.41) is 3.89. The molecule has 1 heterocycles. The van der Waals surface area contributed by atoms with E-state index in [4.69, 9.17) is 4.52 Å². The molecule has 0 saturated heterocycles. The highest BCUT2D eigenvalue weighted by molar-refractivity contribution is 5.85. The van der Waals surface area contributed by atoms with Gasteiger partial charge in [0.25, 0.3) is 0 Å². The van der Waals surface area contributed by atoms with Crippen LogP contribution in [0.15, 0.2) is 4.52 Å². The molecular formula is C18H30ClN3O. The first-order valence-electron chi connectivity index (χ1n) is 9.21. The molecule has 1 aromatic heterocycles. The van der Waals surface area contributed by atoms with E-state index >= 15 is 0 Å². The van der Waals surface area contributed by atoms with Gasteiger partial charge in [-0.05, 0) is 82.7 Å². The predicted octanol–water partition coefficient (Wildman–Crippen LogP) is 4.02. The molecule has 0 aliphatic heterocycles. The molecule has 1 aromatic rings. The molecule has 0 spiro atoms. The maximum Gasteiger partial charge on any atom is 0.226 e. The lowest BCUT2D eigenvalue weighted by Crippen LogP contribution is -2.60. The zero-order valence-electron chi connectivity index (χ0n) is 14.5. The van der Waals surface area contributed by atoms with Gasteiger partial charge in [0, 0.05) is 12.0 Å². The molecule has 4 nitrogen and oxygen atoms in total. The molecule has 23 heavy (non-hydrogen) atoms. The van der Waals surface area contributed by atoms with Crippen molar-refractivity contribution in [3.8, 4) is 0 Å². The third-order valence-electron chi connectivity index (χ3n) is 6.45. The second-order valence-corrected chi connectivity index (χ2v) is 8.06. The quantitative estimate of drug-likeness (QED) is 0.785. The smallest absolute Gasteiger partial charge is 0.226 e. The number of hydrogen-bond acceptors (Lipinski definition) is 4. The minimum absolute atomic E-state index is 0. The van der Waals surface area contributed by atoms with Crippen molar-refractivity contribution in [1.29, 1.82) is 0 Å². The first kappa shape index (κ1) is 17.2. The maximum atomic E-state index is 5.25. The molecule has 5 heteroatoms. The summed E-state index contributed by atoms with van der Waals surface area (Å²) in [6.07, 6.45) is 11.0. The summed E-state index contributed by atoms with van der Waals surface area (Å²) in [7, 11) is 0. The van der Waals surface area contributed by atoms with Gasteiger partial charge in [-0.25, -0.2) is 0 Å². The zero-order chi connectivity index (χ0) is 15.2. The van der Waals surface area contributed by atoms with Crippen LogP contribution in [0.3, 0.4) is 0 Å². The van der Waals surface area contributed by atoms with E-state index in [0.29, 0.717) is 5.54 Å². The van der Waals surface area contributed by atoms with Crippen molar-refractivity contribution in [3.63, 3.8) is 0 Å². The average Bonchev–Trinajstić information content (AvgIpc) is 2.87. The Morgan fingerprint density at radius 1 is 1.13 bits per heavy atom. The number of hydrogen-bond donors (Lipinski definition) is 0. The molecule has 0 atom stereocenters. The van der Waals surface area contributed by atoms with Crippen LogP contribution in [-0.4, -0.2) is 33.7 Å². The Hall–Kier alpha value is -0.610. The molecule has 0 N–H and O–H groups in total. The number of nitrogens with zero attached hydrogens (tertiary/aromatic N) is 3. The van der Waals surface area contributed by atoms with Crippen molar-refractivity contribution in [2.45, 2.75) is 70.8 Å². The Labute approximate surface area is 145 Å². The fraction of sp³-hybridized carbons (Fsp3) is 0.889. The van der Waals surface area contributed by atoms with Crippen LogP contribution < -0.4 is 0 Å². The molecule has 0 amide bonds. The van der Waals surface area contributed by atoms with E-state index < -0.39 is 0 Å². The highest BCUT2D eigenvalue weighted by atomic mass is 35.5. The van der Waals surface area contributed by atoms with Gasteiger partial charge in [0.05, 0.1) is 0 Å². The summed E-state index contributed by atoms with van der Waals surface area (Å²) >= 11 is 0. The van der Waals surface area contributed by atoms with E-state index in [1.165, 1.54) is 51.6 Å². The van der Waals surface area contributed by atoms with E-state index in [1.54, 1.807) is 0 Å². The van der Waals surface area contributed by atoms with Crippen molar-refractivity contribution in [2.24, 2.45) is 17.8 Å². The van der Waals surface area contributed by atoms with Crippen molar-refractivity contribution in [2.75, 3.05) is 13.1 Å². The van der Waals surface area contributed by atoms with Crippen molar-refractivity contribution < 1.29 is 4.52 Å². The third-order valence-corrected chi connectivity index (χ3v) is 6.45. The zero-order valence-corrected chi connectivity index (χ0v) is 15.3. The molecule has 4 aliphatic carbocycles. The van der Waals surface area contributed by atoms with Gasteiger partial charge in [-0.15, -0.1) is 12.4 Å². The molecule has 0 aromatic carbocycles. The Kier molecular flexibility index (Phi) is 5.03. The van der Waals surface area contributed by atoms with E-state index in [9.17, 15) is 0 Å². The van der Waals surface area contributed by atoms with Gasteiger partial charge < -0.3 is 4.52 Å². The topological polar surface area (TPSA) is 42.2 Å². The monoisotopic (exact) mass is 339 g/mol. The standard InChI is InChI=1S/C18H29N3O.ClH/c1-3-21(6-4-5-17-19-13(2)20-22-17)18-10-14-7-15(11-18)9-16(8-14)12-18;/h14-16H,3-12H2,1-2H3;1H. The van der Waals surface area contributed by atoms with Crippen molar-refractivity contribution >= 4 is 12.4 Å². The fourth-order valence-corrected chi connectivity index (χ4v) is 6.05. The predicted molar refractivity (Wildman–Crippen MR) is 92.8 cm³/mol. The van der Waals surface area contributed by atoms with Crippen LogP contribution in [0, 0.1) is 24.7 Å². The number of halogens is 1. The van der Waals surface area contributed by atoms with E-state index in [1.807, 2.05) is 6.92 Å². The van der Waals surface area contributed by atoms with Crippen LogP contribution in [-0.2, 0) is 6.42 Å². The van der Waals surface area contributed by atoms with Gasteiger partial charge >= 0.3 is 0 Å². The summed E-state index contributed by atoms with van der Waals surface area (Å²) in [5.41, 5.74) is 0.536. The van der Waals surface area contributed by atoms with Gasteiger partial charge in [-0.2, -0.15) is 4.98 Å². The Balaban J connectivity index is 0.00000156. The minimum atomic E-state index is 0. The first-order valence-corrected chi connectivity index (χ1v) is 9.21. The summed E-state index contributed by atoms with van der Waals surface area (Å²) < 4.78 is 5.25. The van der Waals surface area contributed by atoms with Crippen molar-refractivity contribution in [1.82, 2.24) is 15.0 Å². The molecule has 130 valence electrons. The van der Waals surface area contributed by atoms with Gasteiger partial charge in [0.1, 0.15) is 0 Å². The summed E-state index contributed by atoms with van der Waals surface area (Å²) in [6, 6.07) is 0. The number of aryl methyl sites for hydroxylation is 2. The van der Waals surface area contributed by atoms with Crippen LogP contribution in [0.1, 0.15) is 63.6 Å². The lowest BCUT2D eigenvalue weighted by molar-refractivity contribution is -0.0873. The van der Waals surface area contributed by atoms with Crippen LogP contribution >= 0.6 is 12.4 Å². The Morgan fingerprint density at radius 2 is 1.74 bits per heavy atom. The number of rotatable bonds is 6. The van der Waals surface area contributed by atoms with Crippen LogP contribution in [0.4, 0.5) is 0 Å². The van der Waals surface area contributed by atoms with Gasteiger partial charge in [-0.3, -0.25) is 4.90 Å². The van der Waals surface area contributed by atoms with Gasteiger partial charge in [-0.1, -0.05) is 12.1 Å². The number of aromatic nitrogens is 2. The fourth-order valence-electron chi connectivity index (χ4n) is 6.05. The molecule has 5 rings (SSSR count). The lowest BCUT2D eigenvalue weighted by Gasteiger charge is -2.60. The van der Waals surface area contributed by atoms with E-state index in [2.05, 4.69) is 22.0 Å². The van der Waals surface area contributed by atoms with E-state index in [-0.39, 0.29) is 12.4 Å². The largest absolute Gasteiger partial charge is 0.339 e. The van der Waals surface area contributed by atoms with Crippen LogP contribution in [0.25, 0.3) is 0 Å². The summed E-state index contributed by atoms with van der Waals surface area (Å²) in [5.74, 6) is 4.64. The highest BCUT2D eigenvalue weighted by Gasteiger charge is 2.52. The molecule has 0 radical (unpaired) electrons. The molecular weight excluding hydrogens is 310 g/mol. The molecule has 4 aliphatic rings. The van der Waals surface area contributed by atoms with Gasteiger partial charge in [0.2, 0.25) is 5.89 Å². The van der Waals surface area contributed by atoms with Crippen LogP contribution in [0.5, 0.6) is 0 Å². The normalized spacial score (nSPS) is 34.8. The minimum Gasteiger partial charge on any atom is -0.339 e. The van der Waals surface area contributed by atoms with Crippen molar-refractivity contribution in [3.05, 3.63) is 11.7 Å². The lowest BCUT2D eigenvalue weighted by atomic mass is 9.52. The summed E-state index contributed by atoms with van der Waals surface area (Å²) in [6.45, 7) is 6.61. The summed E-state index contributed by atoms with van der Waals surface area (Å²) in [4.78, 5) is 7.14. The second-order valence-electron chi connectivity index (χ2n) is 8.06.